The van der Waals surface area contributed by atoms with Crippen molar-refractivity contribution in [2.45, 2.75) is 45.2 Å². The van der Waals surface area contributed by atoms with Crippen LogP contribution in [-0.4, -0.2) is 65.8 Å². The van der Waals surface area contributed by atoms with Gasteiger partial charge in [-0.1, -0.05) is 0 Å². The average molecular weight is 336 g/mol. The summed E-state index contributed by atoms with van der Waals surface area (Å²) in [6.07, 6.45) is -3.66. The highest BCUT2D eigenvalue weighted by Gasteiger charge is 2.46. The van der Waals surface area contributed by atoms with Gasteiger partial charge in [-0.2, -0.15) is 0 Å². The first-order chi connectivity index (χ1) is 10.6. The molecule has 0 aromatic heterocycles. The van der Waals surface area contributed by atoms with E-state index >= 15 is 0 Å². The highest BCUT2D eigenvalue weighted by Crippen LogP contribution is 2.22. The van der Waals surface area contributed by atoms with Crippen molar-refractivity contribution in [3.63, 3.8) is 0 Å². The molecule has 0 rings (SSSR count). The SMILES string of the molecule is COC(=O)[C@](O)(C[C@H](OC(C)=O)[C@H](CO)OC(C)=O)OC(C)=O. The van der Waals surface area contributed by atoms with Crippen LogP contribution >= 0.6 is 0 Å². The molecular formula is C13H20O10. The number of methoxy groups -OCH3 is 1. The minimum Gasteiger partial charge on any atom is -0.464 e. The maximum absolute atomic E-state index is 11.7. The fourth-order valence-corrected chi connectivity index (χ4v) is 1.74. The van der Waals surface area contributed by atoms with E-state index in [-0.39, 0.29) is 0 Å². The van der Waals surface area contributed by atoms with Crippen molar-refractivity contribution in [1.82, 2.24) is 0 Å². The van der Waals surface area contributed by atoms with Crippen LogP contribution < -0.4 is 0 Å². The summed E-state index contributed by atoms with van der Waals surface area (Å²) in [5.74, 6) is -6.75. The van der Waals surface area contributed by atoms with Crippen molar-refractivity contribution in [1.29, 1.82) is 0 Å². The largest absolute Gasteiger partial charge is 0.464 e. The topological polar surface area (TPSA) is 146 Å². The Labute approximate surface area is 132 Å². The molecule has 0 amide bonds. The Kier molecular flexibility index (Phi) is 8.19. The van der Waals surface area contributed by atoms with Crippen molar-refractivity contribution in [2.75, 3.05) is 13.7 Å². The Morgan fingerprint density at radius 2 is 1.43 bits per heavy atom. The monoisotopic (exact) mass is 336 g/mol. The van der Waals surface area contributed by atoms with Gasteiger partial charge in [-0.3, -0.25) is 14.4 Å². The first kappa shape index (κ1) is 20.8. The van der Waals surface area contributed by atoms with E-state index in [1.165, 1.54) is 0 Å². The molecule has 3 atom stereocenters. The number of carbonyl (C=O) groups excluding carboxylic acids is 4. The van der Waals surface area contributed by atoms with Gasteiger partial charge in [0.25, 0.3) is 0 Å². The van der Waals surface area contributed by atoms with Crippen molar-refractivity contribution in [3.8, 4) is 0 Å². The lowest BCUT2D eigenvalue weighted by molar-refractivity contribution is -0.237. The molecule has 0 aliphatic heterocycles. The van der Waals surface area contributed by atoms with Crippen LogP contribution in [0.15, 0.2) is 0 Å². The second kappa shape index (κ2) is 9.06. The van der Waals surface area contributed by atoms with Crippen LogP contribution in [0.25, 0.3) is 0 Å². The molecular weight excluding hydrogens is 316 g/mol. The number of hydrogen-bond donors (Lipinski definition) is 2. The van der Waals surface area contributed by atoms with Crippen LogP contribution in [0.3, 0.4) is 0 Å². The summed E-state index contributed by atoms with van der Waals surface area (Å²) in [5.41, 5.74) is 0. The first-order valence-electron chi connectivity index (χ1n) is 6.51. The summed E-state index contributed by atoms with van der Waals surface area (Å²) >= 11 is 0. The highest BCUT2D eigenvalue weighted by atomic mass is 16.7. The normalized spacial score (nSPS) is 15.6. The molecule has 0 unspecified atom stereocenters. The fraction of sp³-hybridized carbons (Fsp3) is 0.692. The summed E-state index contributed by atoms with van der Waals surface area (Å²) in [7, 11) is 0.938. The third-order valence-corrected chi connectivity index (χ3v) is 2.52. The minimum absolute atomic E-state index is 0.769. The third kappa shape index (κ3) is 7.06. The van der Waals surface area contributed by atoms with Crippen molar-refractivity contribution in [2.24, 2.45) is 0 Å². The van der Waals surface area contributed by atoms with Gasteiger partial charge in [-0.25, -0.2) is 4.79 Å². The van der Waals surface area contributed by atoms with Gasteiger partial charge in [-0.05, 0) is 0 Å². The second-order valence-corrected chi connectivity index (χ2v) is 4.55. The van der Waals surface area contributed by atoms with E-state index in [1.54, 1.807) is 0 Å². The number of rotatable bonds is 8. The van der Waals surface area contributed by atoms with Gasteiger partial charge >= 0.3 is 29.7 Å². The Balaban J connectivity index is 5.50. The molecule has 0 heterocycles. The molecule has 0 bridgehead atoms. The summed E-state index contributed by atoms with van der Waals surface area (Å²) in [6, 6.07) is 0. The van der Waals surface area contributed by atoms with E-state index in [9.17, 15) is 29.4 Å². The average Bonchev–Trinajstić information content (AvgIpc) is 2.41. The summed E-state index contributed by atoms with van der Waals surface area (Å²) < 4.78 is 18.5. The first-order valence-corrected chi connectivity index (χ1v) is 6.51. The Morgan fingerprint density at radius 3 is 1.78 bits per heavy atom. The molecule has 0 spiro atoms. The molecule has 23 heavy (non-hydrogen) atoms. The van der Waals surface area contributed by atoms with Crippen LogP contribution in [0.1, 0.15) is 27.2 Å². The lowest BCUT2D eigenvalue weighted by atomic mass is 10.0. The van der Waals surface area contributed by atoms with E-state index in [1.807, 2.05) is 0 Å². The van der Waals surface area contributed by atoms with Crippen LogP contribution in [0.2, 0.25) is 0 Å². The maximum atomic E-state index is 11.7. The quantitative estimate of drug-likeness (QED) is 0.310. The van der Waals surface area contributed by atoms with E-state index < -0.39 is 54.9 Å². The van der Waals surface area contributed by atoms with Gasteiger partial charge < -0.3 is 29.2 Å². The summed E-state index contributed by atoms with van der Waals surface area (Å²) in [4.78, 5) is 44.9. The zero-order valence-electron chi connectivity index (χ0n) is 13.2. The van der Waals surface area contributed by atoms with E-state index in [0.29, 0.717) is 0 Å². The lowest BCUT2D eigenvalue weighted by Crippen LogP contribution is -2.50. The number of esters is 4. The smallest absolute Gasteiger partial charge is 0.379 e. The predicted octanol–water partition coefficient (Wildman–Crippen LogP) is -1.34. The number of hydrogen-bond acceptors (Lipinski definition) is 10. The second-order valence-electron chi connectivity index (χ2n) is 4.55. The van der Waals surface area contributed by atoms with Gasteiger partial charge in [0.15, 0.2) is 6.10 Å². The Bertz CT molecular complexity index is 460. The lowest BCUT2D eigenvalue weighted by Gasteiger charge is -2.31. The van der Waals surface area contributed by atoms with Crippen LogP contribution in [0.4, 0.5) is 0 Å². The minimum atomic E-state index is -2.78. The summed E-state index contributed by atoms with van der Waals surface area (Å²) in [5, 5.41) is 19.4. The maximum Gasteiger partial charge on any atom is 0.379 e. The van der Waals surface area contributed by atoms with Crippen molar-refractivity contribution in [3.05, 3.63) is 0 Å². The number of aliphatic hydroxyl groups is 2. The number of ether oxygens (including phenoxy) is 4. The van der Waals surface area contributed by atoms with Crippen molar-refractivity contribution < 1.29 is 48.3 Å². The molecule has 0 aliphatic carbocycles. The van der Waals surface area contributed by atoms with Crippen LogP contribution in [0, 0.1) is 0 Å². The van der Waals surface area contributed by atoms with E-state index in [4.69, 9.17) is 9.47 Å². The van der Waals surface area contributed by atoms with Gasteiger partial charge in [0.05, 0.1) is 20.1 Å². The molecule has 132 valence electrons. The predicted molar refractivity (Wildman–Crippen MR) is 71.5 cm³/mol. The molecule has 0 fully saturated rings. The standard InChI is InChI=1S/C13H20O10/c1-7(15)21-10(11(6-14)22-8(2)16)5-13(19,12(18)20-4)23-9(3)17/h10-11,14,19H,5-6H2,1-4H3/t10-,11-,13-/m0/s1. The molecule has 0 aromatic carbocycles. The molecule has 0 aromatic rings. The fourth-order valence-electron chi connectivity index (χ4n) is 1.74. The van der Waals surface area contributed by atoms with Gasteiger partial charge in [0.1, 0.15) is 6.10 Å². The summed E-state index contributed by atoms with van der Waals surface area (Å²) in [6.45, 7) is 2.24. The Hall–Kier alpha value is -2.20. The van der Waals surface area contributed by atoms with Gasteiger partial charge in [0.2, 0.25) is 0 Å². The van der Waals surface area contributed by atoms with Gasteiger partial charge in [0, 0.05) is 20.8 Å². The van der Waals surface area contributed by atoms with E-state index in [0.717, 1.165) is 27.9 Å². The molecule has 10 nitrogen and oxygen atoms in total. The number of aliphatic hydroxyl groups excluding tert-OH is 1. The molecule has 0 saturated carbocycles. The molecule has 0 saturated heterocycles. The Morgan fingerprint density at radius 1 is 0.957 bits per heavy atom. The van der Waals surface area contributed by atoms with Gasteiger partial charge in [-0.15, -0.1) is 0 Å². The molecule has 0 radical (unpaired) electrons. The zero-order chi connectivity index (χ0) is 18.2. The molecule has 0 aliphatic rings. The molecule has 10 heteroatoms. The molecule has 2 N–H and O–H groups in total. The highest BCUT2D eigenvalue weighted by molar-refractivity contribution is 5.81. The zero-order valence-corrected chi connectivity index (χ0v) is 13.2. The van der Waals surface area contributed by atoms with E-state index in [2.05, 4.69) is 9.47 Å². The van der Waals surface area contributed by atoms with Crippen LogP contribution in [0.5, 0.6) is 0 Å². The third-order valence-electron chi connectivity index (χ3n) is 2.52. The van der Waals surface area contributed by atoms with Crippen LogP contribution in [-0.2, 0) is 38.1 Å². The number of carbonyl (C=O) groups is 4. The van der Waals surface area contributed by atoms with Crippen molar-refractivity contribution >= 4 is 23.9 Å².